The van der Waals surface area contributed by atoms with E-state index in [0.29, 0.717) is 22.7 Å². The van der Waals surface area contributed by atoms with Crippen LogP contribution < -0.4 is 0 Å². The molecule has 0 radical (unpaired) electrons. The second kappa shape index (κ2) is 9.49. The lowest BCUT2D eigenvalue weighted by Crippen LogP contribution is -2.37. The van der Waals surface area contributed by atoms with Crippen molar-refractivity contribution < 1.29 is 14.3 Å². The molecule has 164 valence electrons. The molecular formula is C25H46O3. The molecule has 3 nitrogen and oxygen atoms in total. The molecule has 2 saturated carbocycles. The molecule has 3 unspecified atom stereocenters. The monoisotopic (exact) mass is 394 g/mol. The Morgan fingerprint density at radius 3 is 2.29 bits per heavy atom. The van der Waals surface area contributed by atoms with Gasteiger partial charge in [0, 0.05) is 0 Å². The Hall–Kier alpha value is -0.570. The van der Waals surface area contributed by atoms with Gasteiger partial charge in [-0.3, -0.25) is 0 Å². The van der Waals surface area contributed by atoms with Crippen LogP contribution in [0.3, 0.4) is 0 Å². The fraction of sp³-hybridized carbons (Fsp3) is 0.960. The first-order valence-electron chi connectivity index (χ1n) is 11.8. The summed E-state index contributed by atoms with van der Waals surface area (Å²) in [5.41, 5.74) is 0.430. The Morgan fingerprint density at radius 1 is 1.07 bits per heavy atom. The van der Waals surface area contributed by atoms with Gasteiger partial charge in [-0.2, -0.15) is 0 Å². The number of hydrogen-bond acceptors (Lipinski definition) is 3. The van der Waals surface area contributed by atoms with Crippen LogP contribution in [0.25, 0.3) is 0 Å². The molecule has 0 saturated heterocycles. The number of ether oxygens (including phenoxy) is 2. The van der Waals surface area contributed by atoms with E-state index in [0.717, 1.165) is 38.5 Å². The maximum Gasteiger partial charge on any atom is 0.332 e. The number of carbonyl (C=O) groups is 1. The lowest BCUT2D eigenvalue weighted by Gasteiger charge is -2.44. The van der Waals surface area contributed by atoms with Crippen LogP contribution in [0.4, 0.5) is 0 Å². The van der Waals surface area contributed by atoms with Gasteiger partial charge >= 0.3 is 5.97 Å². The van der Waals surface area contributed by atoms with E-state index in [9.17, 15) is 4.79 Å². The number of carbonyl (C=O) groups excluding carboxylic acids is 1. The number of rotatable bonds is 8. The number of hydrogen-bond donors (Lipinski definition) is 0. The summed E-state index contributed by atoms with van der Waals surface area (Å²) in [7, 11) is 0. The van der Waals surface area contributed by atoms with Crippen LogP contribution in [0, 0.1) is 22.7 Å². The van der Waals surface area contributed by atoms with E-state index in [-0.39, 0.29) is 24.3 Å². The van der Waals surface area contributed by atoms with E-state index >= 15 is 0 Å². The van der Waals surface area contributed by atoms with Crippen LogP contribution in [0.1, 0.15) is 113 Å². The topological polar surface area (TPSA) is 35.5 Å². The van der Waals surface area contributed by atoms with Gasteiger partial charge in [-0.1, -0.05) is 54.4 Å². The van der Waals surface area contributed by atoms with E-state index < -0.39 is 0 Å². The van der Waals surface area contributed by atoms with Gasteiger partial charge in [0.2, 0.25) is 0 Å². The molecule has 0 bridgehead atoms. The zero-order valence-electron chi connectivity index (χ0n) is 19.7. The Morgan fingerprint density at radius 2 is 1.71 bits per heavy atom. The van der Waals surface area contributed by atoms with Crippen molar-refractivity contribution in [3.63, 3.8) is 0 Å². The predicted octanol–water partition coefficient (Wildman–Crippen LogP) is 6.93. The van der Waals surface area contributed by atoms with Crippen LogP contribution in [-0.2, 0) is 14.3 Å². The summed E-state index contributed by atoms with van der Waals surface area (Å²) in [5, 5.41) is 0. The van der Waals surface area contributed by atoms with Gasteiger partial charge in [0.25, 0.3) is 0 Å². The average Bonchev–Trinajstić information content (AvgIpc) is 3.03. The molecule has 0 aromatic carbocycles. The first-order valence-corrected chi connectivity index (χ1v) is 11.8. The lowest BCUT2D eigenvalue weighted by atomic mass is 9.62. The zero-order valence-corrected chi connectivity index (χ0v) is 19.7. The average molecular weight is 395 g/mol. The first kappa shape index (κ1) is 23.7. The zero-order chi connectivity index (χ0) is 21.0. The maximum atomic E-state index is 12.3. The minimum Gasteiger partial charge on any atom is -0.458 e. The summed E-state index contributed by atoms with van der Waals surface area (Å²) in [4.78, 5) is 12.3. The van der Waals surface area contributed by atoms with Gasteiger partial charge < -0.3 is 9.47 Å². The van der Waals surface area contributed by atoms with Gasteiger partial charge in [0.1, 0.15) is 12.2 Å². The number of esters is 1. The quantitative estimate of drug-likeness (QED) is 0.419. The van der Waals surface area contributed by atoms with Gasteiger partial charge in [0.15, 0.2) is 0 Å². The molecule has 2 aliphatic carbocycles. The smallest absolute Gasteiger partial charge is 0.332 e. The standard InChI is InChI=1S/C25H46O3/c1-8-24(5,6)17-21(23(2,3)4)19-12-11-13-20(16-19)27-18-22(26)28-25(7)14-9-10-15-25/h19-21H,8-18H2,1-7H3. The fourth-order valence-electron chi connectivity index (χ4n) is 5.33. The molecule has 0 heterocycles. The van der Waals surface area contributed by atoms with Crippen molar-refractivity contribution in [3.05, 3.63) is 0 Å². The van der Waals surface area contributed by atoms with E-state index in [1.165, 1.54) is 25.7 Å². The second-order valence-corrected chi connectivity index (χ2v) is 11.7. The molecule has 0 N–H and O–H groups in total. The van der Waals surface area contributed by atoms with Crippen LogP contribution in [0.15, 0.2) is 0 Å². The Balaban J connectivity index is 1.89. The summed E-state index contributed by atoms with van der Waals surface area (Å²) in [6, 6.07) is 0. The predicted molar refractivity (Wildman–Crippen MR) is 116 cm³/mol. The van der Waals surface area contributed by atoms with Gasteiger partial charge in [0.05, 0.1) is 6.10 Å². The van der Waals surface area contributed by atoms with Crippen LogP contribution in [0.5, 0.6) is 0 Å². The summed E-state index contributed by atoms with van der Waals surface area (Å²) < 4.78 is 11.8. The third-order valence-corrected chi connectivity index (χ3v) is 7.54. The van der Waals surface area contributed by atoms with Crippen molar-refractivity contribution >= 4 is 5.97 Å². The largest absolute Gasteiger partial charge is 0.458 e. The van der Waals surface area contributed by atoms with Crippen molar-refractivity contribution in [1.29, 1.82) is 0 Å². The molecule has 0 amide bonds. The third-order valence-electron chi connectivity index (χ3n) is 7.54. The van der Waals surface area contributed by atoms with E-state index in [2.05, 4.69) is 48.5 Å². The first-order chi connectivity index (χ1) is 12.9. The maximum absolute atomic E-state index is 12.3. The summed E-state index contributed by atoms with van der Waals surface area (Å²) in [6.45, 7) is 16.5. The van der Waals surface area contributed by atoms with Gasteiger partial charge in [-0.15, -0.1) is 0 Å². The Labute approximate surface area is 174 Å². The lowest BCUT2D eigenvalue weighted by molar-refractivity contribution is -0.166. The highest BCUT2D eigenvalue weighted by molar-refractivity contribution is 5.71. The van der Waals surface area contributed by atoms with Crippen molar-refractivity contribution in [2.24, 2.45) is 22.7 Å². The van der Waals surface area contributed by atoms with Crippen LogP contribution in [0.2, 0.25) is 0 Å². The summed E-state index contributed by atoms with van der Waals surface area (Å²) >= 11 is 0. The SMILES string of the molecule is CCC(C)(C)CC(C1CCCC(OCC(=O)OC2(C)CCCC2)C1)C(C)(C)C. The van der Waals surface area contributed by atoms with E-state index in [4.69, 9.17) is 9.47 Å². The molecule has 3 atom stereocenters. The van der Waals surface area contributed by atoms with E-state index in [1.807, 2.05) is 0 Å². The van der Waals surface area contributed by atoms with E-state index in [1.54, 1.807) is 0 Å². The molecule has 3 heteroatoms. The summed E-state index contributed by atoms with van der Waals surface area (Å²) in [6.07, 6.45) is 11.7. The van der Waals surface area contributed by atoms with Crippen molar-refractivity contribution in [2.45, 2.75) is 124 Å². The highest BCUT2D eigenvalue weighted by Gasteiger charge is 2.39. The van der Waals surface area contributed by atoms with Crippen molar-refractivity contribution in [3.8, 4) is 0 Å². The minimum absolute atomic E-state index is 0.119. The molecular weight excluding hydrogens is 348 g/mol. The Bertz CT molecular complexity index is 496. The molecule has 2 aliphatic rings. The molecule has 0 aliphatic heterocycles. The van der Waals surface area contributed by atoms with Crippen LogP contribution in [-0.4, -0.2) is 24.3 Å². The van der Waals surface area contributed by atoms with Gasteiger partial charge in [-0.05, 0) is 81.0 Å². The molecule has 2 rings (SSSR count). The van der Waals surface area contributed by atoms with Crippen LogP contribution >= 0.6 is 0 Å². The molecule has 0 aromatic rings. The van der Waals surface area contributed by atoms with Gasteiger partial charge in [-0.25, -0.2) is 4.79 Å². The van der Waals surface area contributed by atoms with Crippen molar-refractivity contribution in [2.75, 3.05) is 6.61 Å². The molecule has 2 fully saturated rings. The molecule has 28 heavy (non-hydrogen) atoms. The Kier molecular flexibility index (Phi) is 8.04. The highest BCUT2D eigenvalue weighted by Crippen LogP contribution is 2.46. The second-order valence-electron chi connectivity index (χ2n) is 11.7. The molecule has 0 spiro atoms. The molecule has 0 aromatic heterocycles. The normalized spacial score (nSPS) is 26.8. The fourth-order valence-corrected chi connectivity index (χ4v) is 5.33. The minimum atomic E-state index is -0.251. The van der Waals surface area contributed by atoms with Crippen molar-refractivity contribution in [1.82, 2.24) is 0 Å². The summed E-state index contributed by atoms with van der Waals surface area (Å²) in [5.74, 6) is 1.21. The highest BCUT2D eigenvalue weighted by atomic mass is 16.6. The third kappa shape index (κ3) is 7.04.